The number of nitrogens with one attached hydrogen (secondary N) is 1. The molecule has 1 N–H and O–H groups in total. The van der Waals surface area contributed by atoms with E-state index in [2.05, 4.69) is 30.1 Å². The molecule has 1 saturated carbocycles. The highest BCUT2D eigenvalue weighted by Crippen LogP contribution is 2.46. The molecule has 1 saturated heterocycles. The number of carbonyl (C=O) groups excluding carboxylic acids is 2. The van der Waals surface area contributed by atoms with Gasteiger partial charge in [-0.1, -0.05) is 44.9 Å². The summed E-state index contributed by atoms with van der Waals surface area (Å²) >= 11 is 0. The smallest absolute Gasteiger partial charge is 0.225 e. The number of nitrogens with zero attached hydrogens (tertiary/aromatic N) is 1. The molecule has 1 spiro atoms. The van der Waals surface area contributed by atoms with Gasteiger partial charge < -0.3 is 15.0 Å². The standard InChI is InChI=1S/C25H36N2O3/c1-18(2)17-26-23(28)15-20-16-25(30-22-10-6-5-9-21(20)22)11-13-27(14-12-25)24(29)19-7-3-4-8-19/h5-6,9-10,18-20H,3-4,7-8,11-17H2,1-2H3,(H,26,28)/t20-/m0/s1. The number of hydrogen-bond donors (Lipinski definition) is 1. The zero-order valence-electron chi connectivity index (χ0n) is 18.5. The topological polar surface area (TPSA) is 58.6 Å². The van der Waals surface area contributed by atoms with Gasteiger partial charge in [-0.25, -0.2) is 0 Å². The molecule has 1 aromatic carbocycles. The molecule has 0 radical (unpaired) electrons. The zero-order valence-corrected chi connectivity index (χ0v) is 18.5. The Labute approximate surface area is 180 Å². The molecule has 30 heavy (non-hydrogen) atoms. The van der Waals surface area contributed by atoms with Crippen LogP contribution >= 0.6 is 0 Å². The lowest BCUT2D eigenvalue weighted by Crippen LogP contribution is -2.52. The first-order valence-corrected chi connectivity index (χ1v) is 11.8. The van der Waals surface area contributed by atoms with Crippen LogP contribution in [0.4, 0.5) is 0 Å². The Morgan fingerprint density at radius 3 is 2.57 bits per heavy atom. The monoisotopic (exact) mass is 412 g/mol. The van der Waals surface area contributed by atoms with Crippen LogP contribution in [0.5, 0.6) is 5.75 Å². The lowest BCUT2D eigenvalue weighted by Gasteiger charge is -2.47. The van der Waals surface area contributed by atoms with Gasteiger partial charge in [0, 0.05) is 50.7 Å². The van der Waals surface area contributed by atoms with Crippen LogP contribution in [-0.2, 0) is 9.59 Å². The van der Waals surface area contributed by atoms with Crippen LogP contribution in [0.2, 0.25) is 0 Å². The van der Waals surface area contributed by atoms with Crippen molar-refractivity contribution in [2.45, 2.75) is 76.7 Å². The van der Waals surface area contributed by atoms with E-state index in [4.69, 9.17) is 4.74 Å². The van der Waals surface area contributed by atoms with Gasteiger partial charge in [0.2, 0.25) is 11.8 Å². The van der Waals surface area contributed by atoms with Gasteiger partial charge in [-0.15, -0.1) is 0 Å². The molecular weight excluding hydrogens is 376 g/mol. The molecule has 1 atom stereocenters. The van der Waals surface area contributed by atoms with Crippen LogP contribution in [0.1, 0.15) is 76.7 Å². The van der Waals surface area contributed by atoms with Gasteiger partial charge >= 0.3 is 0 Å². The number of carbonyl (C=O) groups is 2. The van der Waals surface area contributed by atoms with Gasteiger partial charge in [0.1, 0.15) is 11.4 Å². The predicted molar refractivity (Wildman–Crippen MR) is 117 cm³/mol. The van der Waals surface area contributed by atoms with E-state index in [-0.39, 0.29) is 23.3 Å². The van der Waals surface area contributed by atoms with Crippen LogP contribution in [0.25, 0.3) is 0 Å². The van der Waals surface area contributed by atoms with Gasteiger partial charge in [-0.05, 0) is 36.8 Å². The van der Waals surface area contributed by atoms with Gasteiger partial charge in [0.15, 0.2) is 0 Å². The van der Waals surface area contributed by atoms with Crippen LogP contribution in [-0.4, -0.2) is 41.9 Å². The second kappa shape index (κ2) is 8.99. The Hall–Kier alpha value is -2.04. The molecule has 4 rings (SSSR count). The Morgan fingerprint density at radius 1 is 1.17 bits per heavy atom. The molecule has 2 aliphatic heterocycles. The van der Waals surface area contributed by atoms with Crippen molar-refractivity contribution in [1.82, 2.24) is 10.2 Å². The highest BCUT2D eigenvalue weighted by atomic mass is 16.5. The van der Waals surface area contributed by atoms with Crippen molar-refractivity contribution >= 4 is 11.8 Å². The molecule has 164 valence electrons. The largest absolute Gasteiger partial charge is 0.487 e. The summed E-state index contributed by atoms with van der Waals surface area (Å²) < 4.78 is 6.55. The molecule has 5 nitrogen and oxygen atoms in total. The third-order valence-corrected chi connectivity index (χ3v) is 7.13. The maximum absolute atomic E-state index is 12.8. The van der Waals surface area contributed by atoms with Crippen molar-refractivity contribution in [3.05, 3.63) is 29.8 Å². The average Bonchev–Trinajstić information content (AvgIpc) is 3.27. The zero-order chi connectivity index (χ0) is 21.1. The molecular formula is C25H36N2O3. The number of para-hydroxylation sites is 1. The van der Waals surface area contributed by atoms with E-state index >= 15 is 0 Å². The second-order valence-electron chi connectivity index (χ2n) is 9.93. The van der Waals surface area contributed by atoms with Crippen LogP contribution in [0, 0.1) is 11.8 Å². The Bertz CT molecular complexity index is 761. The minimum absolute atomic E-state index is 0.120. The van der Waals surface area contributed by atoms with Crippen molar-refractivity contribution in [1.29, 1.82) is 0 Å². The Balaban J connectivity index is 1.43. The number of likely N-dealkylation sites (tertiary alicyclic amines) is 1. The molecule has 0 aromatic heterocycles. The van der Waals surface area contributed by atoms with E-state index in [1.54, 1.807) is 0 Å². The van der Waals surface area contributed by atoms with Crippen LogP contribution in [0.3, 0.4) is 0 Å². The number of benzene rings is 1. The van der Waals surface area contributed by atoms with Crippen LogP contribution in [0.15, 0.2) is 24.3 Å². The lowest BCUT2D eigenvalue weighted by molar-refractivity contribution is -0.139. The molecule has 0 unspecified atom stereocenters. The molecule has 1 aliphatic carbocycles. The third-order valence-electron chi connectivity index (χ3n) is 7.13. The number of rotatable bonds is 5. The first kappa shape index (κ1) is 21.2. The first-order chi connectivity index (χ1) is 14.5. The maximum atomic E-state index is 12.8. The molecule has 5 heteroatoms. The summed E-state index contributed by atoms with van der Waals surface area (Å²) in [5, 5.41) is 3.07. The van der Waals surface area contributed by atoms with Crippen molar-refractivity contribution in [2.24, 2.45) is 11.8 Å². The van der Waals surface area contributed by atoms with E-state index in [0.717, 1.165) is 56.5 Å². The van der Waals surface area contributed by atoms with E-state index in [9.17, 15) is 9.59 Å². The van der Waals surface area contributed by atoms with E-state index < -0.39 is 0 Å². The van der Waals surface area contributed by atoms with E-state index in [1.165, 1.54) is 12.8 Å². The van der Waals surface area contributed by atoms with Crippen molar-refractivity contribution < 1.29 is 14.3 Å². The molecule has 3 aliphatic rings. The summed E-state index contributed by atoms with van der Waals surface area (Å²) in [6.07, 6.45) is 7.54. The van der Waals surface area contributed by atoms with Gasteiger partial charge in [-0.3, -0.25) is 9.59 Å². The Kier molecular flexibility index (Phi) is 6.35. The minimum atomic E-state index is -0.260. The summed E-state index contributed by atoms with van der Waals surface area (Å²) in [7, 11) is 0. The number of piperidine rings is 1. The number of hydrogen-bond acceptors (Lipinski definition) is 3. The fourth-order valence-electron chi connectivity index (χ4n) is 5.41. The summed E-state index contributed by atoms with van der Waals surface area (Å²) in [5.74, 6) is 2.24. The van der Waals surface area contributed by atoms with Gasteiger partial charge in [0.25, 0.3) is 0 Å². The highest BCUT2D eigenvalue weighted by molar-refractivity contribution is 5.79. The SMILES string of the molecule is CC(C)CNC(=O)C[C@H]1CC2(CCN(C(=O)C3CCCC3)CC2)Oc2ccccc21. The van der Waals surface area contributed by atoms with Crippen molar-refractivity contribution in [3.8, 4) is 5.75 Å². The third kappa shape index (κ3) is 4.65. The summed E-state index contributed by atoms with van der Waals surface area (Å²) in [6, 6.07) is 8.17. The number of ether oxygens (including phenoxy) is 1. The highest BCUT2D eigenvalue weighted by Gasteiger charge is 2.44. The second-order valence-corrected chi connectivity index (χ2v) is 9.93. The molecule has 2 amide bonds. The summed E-state index contributed by atoms with van der Waals surface area (Å²) in [6.45, 7) is 6.47. The normalized spacial score (nSPS) is 23.3. The average molecular weight is 413 g/mol. The fourth-order valence-corrected chi connectivity index (χ4v) is 5.41. The minimum Gasteiger partial charge on any atom is -0.487 e. The van der Waals surface area contributed by atoms with E-state index in [0.29, 0.717) is 24.8 Å². The van der Waals surface area contributed by atoms with Gasteiger partial charge in [-0.2, -0.15) is 0 Å². The van der Waals surface area contributed by atoms with E-state index in [1.807, 2.05) is 18.2 Å². The van der Waals surface area contributed by atoms with Crippen molar-refractivity contribution in [2.75, 3.05) is 19.6 Å². The molecule has 2 heterocycles. The quantitative estimate of drug-likeness (QED) is 0.786. The Morgan fingerprint density at radius 2 is 1.87 bits per heavy atom. The molecule has 1 aromatic rings. The summed E-state index contributed by atoms with van der Waals surface area (Å²) in [5.41, 5.74) is 0.886. The first-order valence-electron chi connectivity index (χ1n) is 11.8. The predicted octanol–water partition coefficient (Wildman–Crippen LogP) is 4.27. The number of fused-ring (bicyclic) bond motifs is 1. The number of amides is 2. The molecule has 0 bridgehead atoms. The molecule has 2 fully saturated rings. The van der Waals surface area contributed by atoms with Crippen molar-refractivity contribution in [3.63, 3.8) is 0 Å². The lowest BCUT2D eigenvalue weighted by atomic mass is 9.76. The summed E-state index contributed by atoms with van der Waals surface area (Å²) in [4.78, 5) is 27.5. The maximum Gasteiger partial charge on any atom is 0.225 e. The fraction of sp³-hybridized carbons (Fsp3) is 0.680. The van der Waals surface area contributed by atoms with Gasteiger partial charge in [0.05, 0.1) is 0 Å². The van der Waals surface area contributed by atoms with Crippen LogP contribution < -0.4 is 10.1 Å².